The Bertz CT molecular complexity index is 3320. The number of hydrogen-bond donors (Lipinski definition) is 0. The fourth-order valence-corrected chi connectivity index (χ4v) is 9.03. The Kier molecular flexibility index (Phi) is 5.77. The summed E-state index contributed by atoms with van der Waals surface area (Å²) in [6, 6.07) is 63.5. The zero-order valence-corrected chi connectivity index (χ0v) is 28.6. The molecule has 3 nitrogen and oxygen atoms in total. The highest BCUT2D eigenvalue weighted by molar-refractivity contribution is 6.28. The normalized spacial score (nSPS) is 12.2. The van der Waals surface area contributed by atoms with Crippen LogP contribution < -0.4 is 0 Å². The fraction of sp³-hybridized carbons (Fsp3) is 0. The van der Waals surface area contributed by atoms with Gasteiger partial charge < -0.3 is 0 Å². The van der Waals surface area contributed by atoms with E-state index in [1.165, 1.54) is 65.7 Å². The van der Waals surface area contributed by atoms with Crippen molar-refractivity contribution >= 4 is 65.2 Å². The van der Waals surface area contributed by atoms with Gasteiger partial charge in [-0.1, -0.05) is 158 Å². The molecule has 2 heterocycles. The maximum Gasteiger partial charge on any atom is 0.165 e. The first-order valence-corrected chi connectivity index (χ1v) is 18.2. The van der Waals surface area contributed by atoms with Gasteiger partial charge in [0.1, 0.15) is 5.69 Å². The molecule has 0 saturated heterocycles. The second-order valence-corrected chi connectivity index (χ2v) is 14.1. The van der Waals surface area contributed by atoms with E-state index in [0.29, 0.717) is 0 Å². The SMILES string of the molecule is c1ccc(-c2cc3c4c5c(cccc5n(-c5nc6c7ccccc7c7ccccc7c6nc5-c5ccccc5)c4c2)-c2cccc4cccc-3c24)cc1. The summed E-state index contributed by atoms with van der Waals surface area (Å²) in [5, 5.41) is 9.60. The van der Waals surface area contributed by atoms with Gasteiger partial charge in [-0.15, -0.1) is 0 Å². The van der Waals surface area contributed by atoms with E-state index in [4.69, 9.17) is 9.97 Å². The monoisotopic (exact) mass is 671 g/mol. The molecule has 0 aliphatic heterocycles. The highest BCUT2D eigenvalue weighted by Crippen LogP contribution is 2.51. The largest absolute Gasteiger partial charge is 0.292 e. The molecular weight excluding hydrogens is 643 g/mol. The number of benzene rings is 9. The molecule has 0 atom stereocenters. The van der Waals surface area contributed by atoms with Gasteiger partial charge in [0.05, 0.1) is 22.1 Å². The van der Waals surface area contributed by atoms with Gasteiger partial charge in [0.15, 0.2) is 5.82 Å². The lowest BCUT2D eigenvalue weighted by Crippen LogP contribution is -2.05. The van der Waals surface area contributed by atoms with Crippen LogP contribution in [0, 0.1) is 0 Å². The van der Waals surface area contributed by atoms with Crippen LogP contribution in [0.25, 0.3) is 116 Å². The molecule has 0 spiro atoms. The summed E-state index contributed by atoms with van der Waals surface area (Å²) in [6.45, 7) is 0. The van der Waals surface area contributed by atoms with E-state index in [0.717, 1.165) is 49.9 Å². The lowest BCUT2D eigenvalue weighted by atomic mass is 9.92. The smallest absolute Gasteiger partial charge is 0.165 e. The third-order valence-corrected chi connectivity index (χ3v) is 11.3. The summed E-state index contributed by atoms with van der Waals surface area (Å²) >= 11 is 0. The zero-order chi connectivity index (χ0) is 34.6. The summed E-state index contributed by atoms with van der Waals surface area (Å²) in [5.41, 5.74) is 13.3. The Morgan fingerprint density at radius 1 is 0.340 bits per heavy atom. The summed E-state index contributed by atoms with van der Waals surface area (Å²) in [6.07, 6.45) is 0. The molecule has 0 N–H and O–H groups in total. The van der Waals surface area contributed by atoms with E-state index in [1.807, 2.05) is 0 Å². The Morgan fingerprint density at radius 3 is 1.55 bits per heavy atom. The van der Waals surface area contributed by atoms with E-state index < -0.39 is 0 Å². The molecule has 0 bridgehead atoms. The van der Waals surface area contributed by atoms with Crippen molar-refractivity contribution in [3.63, 3.8) is 0 Å². The average Bonchev–Trinajstić information content (AvgIpc) is 3.51. The van der Waals surface area contributed by atoms with Crippen LogP contribution >= 0.6 is 0 Å². The molecule has 0 amide bonds. The molecule has 1 aliphatic carbocycles. The van der Waals surface area contributed by atoms with Crippen molar-refractivity contribution in [3.8, 4) is 50.5 Å². The number of nitrogens with zero attached hydrogens (tertiary/aromatic N) is 3. The predicted octanol–water partition coefficient (Wildman–Crippen LogP) is 13.2. The summed E-state index contributed by atoms with van der Waals surface area (Å²) in [4.78, 5) is 11.4. The number of rotatable bonds is 3. The van der Waals surface area contributed by atoms with Crippen LogP contribution in [-0.4, -0.2) is 14.5 Å². The Hall–Kier alpha value is -7.10. The van der Waals surface area contributed by atoms with E-state index in [-0.39, 0.29) is 0 Å². The molecule has 11 aromatic rings. The topological polar surface area (TPSA) is 30.7 Å². The first kappa shape index (κ1) is 28.6. The van der Waals surface area contributed by atoms with Crippen molar-refractivity contribution in [2.75, 3.05) is 0 Å². The van der Waals surface area contributed by atoms with Gasteiger partial charge in [0, 0.05) is 27.1 Å². The van der Waals surface area contributed by atoms with Gasteiger partial charge in [-0.25, -0.2) is 9.97 Å². The van der Waals surface area contributed by atoms with Gasteiger partial charge in [0.2, 0.25) is 0 Å². The van der Waals surface area contributed by atoms with Crippen molar-refractivity contribution < 1.29 is 0 Å². The molecule has 244 valence electrons. The van der Waals surface area contributed by atoms with Gasteiger partial charge in [-0.05, 0) is 73.1 Å². The van der Waals surface area contributed by atoms with Crippen LogP contribution in [0.4, 0.5) is 0 Å². The lowest BCUT2D eigenvalue weighted by Gasteiger charge is -2.18. The van der Waals surface area contributed by atoms with E-state index >= 15 is 0 Å². The average molecular weight is 672 g/mol. The number of fused-ring (bicyclic) bond motifs is 8. The minimum absolute atomic E-state index is 0.824. The lowest BCUT2D eigenvalue weighted by molar-refractivity contribution is 1.08. The molecule has 0 unspecified atom stereocenters. The summed E-state index contributed by atoms with van der Waals surface area (Å²) < 4.78 is 2.40. The van der Waals surface area contributed by atoms with E-state index in [9.17, 15) is 0 Å². The standard InChI is InChI=1S/C50H29N3/c1-3-14-30(15-4-1)33-28-41-38-25-12-19-31-18-11-24-36(44(31)38)37-26-13-27-42-45(37)46(41)43(29-33)53(42)50-47(32-16-5-2-6-17-32)51-48-39-22-9-7-20-34(39)35-21-8-10-23-40(35)49(48)52-50/h1-29H. The fourth-order valence-electron chi connectivity index (χ4n) is 9.03. The quantitative estimate of drug-likeness (QED) is 0.175. The van der Waals surface area contributed by atoms with Crippen molar-refractivity contribution in [1.29, 1.82) is 0 Å². The second-order valence-electron chi connectivity index (χ2n) is 14.1. The van der Waals surface area contributed by atoms with Crippen LogP contribution in [0.5, 0.6) is 0 Å². The van der Waals surface area contributed by atoms with Crippen LogP contribution in [0.1, 0.15) is 0 Å². The Morgan fingerprint density at radius 2 is 0.868 bits per heavy atom. The van der Waals surface area contributed by atoms with Crippen LogP contribution in [0.3, 0.4) is 0 Å². The second kappa shape index (κ2) is 10.7. The van der Waals surface area contributed by atoms with E-state index in [1.54, 1.807) is 0 Å². The molecule has 3 heteroatoms. The predicted molar refractivity (Wildman–Crippen MR) is 222 cm³/mol. The molecule has 0 saturated carbocycles. The highest BCUT2D eigenvalue weighted by atomic mass is 15.1. The van der Waals surface area contributed by atoms with Crippen LogP contribution in [0.15, 0.2) is 176 Å². The highest BCUT2D eigenvalue weighted by Gasteiger charge is 2.28. The van der Waals surface area contributed by atoms with Crippen molar-refractivity contribution in [1.82, 2.24) is 14.5 Å². The van der Waals surface area contributed by atoms with Gasteiger partial charge in [-0.2, -0.15) is 0 Å². The summed E-state index contributed by atoms with van der Waals surface area (Å²) in [7, 11) is 0. The molecule has 0 radical (unpaired) electrons. The maximum absolute atomic E-state index is 5.76. The van der Waals surface area contributed by atoms with Crippen molar-refractivity contribution in [2.45, 2.75) is 0 Å². The molecule has 0 fully saturated rings. The third kappa shape index (κ3) is 3.94. The van der Waals surface area contributed by atoms with Crippen molar-refractivity contribution in [3.05, 3.63) is 176 Å². The third-order valence-electron chi connectivity index (χ3n) is 11.3. The first-order chi connectivity index (χ1) is 26.3. The van der Waals surface area contributed by atoms with E-state index in [2.05, 4.69) is 180 Å². The summed E-state index contributed by atoms with van der Waals surface area (Å²) in [5.74, 6) is 0.824. The molecular formula is C50H29N3. The van der Waals surface area contributed by atoms with Crippen LogP contribution in [-0.2, 0) is 0 Å². The van der Waals surface area contributed by atoms with Gasteiger partial charge >= 0.3 is 0 Å². The zero-order valence-electron chi connectivity index (χ0n) is 28.6. The number of hydrogen-bond acceptors (Lipinski definition) is 2. The molecule has 12 rings (SSSR count). The number of aromatic nitrogens is 3. The molecule has 1 aliphatic rings. The Balaban J connectivity index is 1.32. The first-order valence-electron chi connectivity index (χ1n) is 18.2. The maximum atomic E-state index is 5.76. The Labute approximate surface area is 305 Å². The van der Waals surface area contributed by atoms with Crippen molar-refractivity contribution in [2.24, 2.45) is 0 Å². The molecule has 2 aromatic heterocycles. The minimum atomic E-state index is 0.824. The minimum Gasteiger partial charge on any atom is -0.292 e. The van der Waals surface area contributed by atoms with Gasteiger partial charge in [0.25, 0.3) is 0 Å². The molecule has 53 heavy (non-hydrogen) atoms. The van der Waals surface area contributed by atoms with Crippen LogP contribution in [0.2, 0.25) is 0 Å². The van der Waals surface area contributed by atoms with Gasteiger partial charge in [-0.3, -0.25) is 4.57 Å². The molecule has 9 aromatic carbocycles.